The minimum Gasteiger partial charge on any atom is -0.620 e. The Kier molecular flexibility index (Phi) is 29.5. The van der Waals surface area contributed by atoms with Crippen LogP contribution in [0, 0.1) is 0 Å². The molecule has 7 N–H and O–H groups in total. The Balaban J connectivity index is 0.0000132. The van der Waals surface area contributed by atoms with Crippen molar-refractivity contribution in [2.75, 3.05) is 19.7 Å². The Labute approximate surface area is 381 Å². The predicted octanol–water partition coefficient (Wildman–Crippen LogP) is 7.64. The van der Waals surface area contributed by atoms with E-state index in [1.807, 2.05) is 6.08 Å². The van der Waals surface area contributed by atoms with Gasteiger partial charge in [0.15, 0.2) is 0 Å². The van der Waals surface area contributed by atoms with Crippen molar-refractivity contribution in [1.82, 2.24) is 20.8 Å². The van der Waals surface area contributed by atoms with Gasteiger partial charge in [-0.3, -0.25) is 9.59 Å². The number of unbranched alkanes of at least 4 members (excludes halogenated alkanes) is 16. The fourth-order valence-electron chi connectivity index (χ4n) is 7.79. The van der Waals surface area contributed by atoms with Gasteiger partial charge in [-0.1, -0.05) is 121 Å². The van der Waals surface area contributed by atoms with Crippen LogP contribution in [0.2, 0.25) is 0 Å². The molecule has 0 bridgehead atoms. The van der Waals surface area contributed by atoms with Crippen molar-refractivity contribution in [2.24, 2.45) is 0 Å². The summed E-state index contributed by atoms with van der Waals surface area (Å²) in [7, 11) is 0. The summed E-state index contributed by atoms with van der Waals surface area (Å²) in [6.45, 7) is 4.15. The second-order valence-corrected chi connectivity index (χ2v) is 16.9. The van der Waals surface area contributed by atoms with Crippen LogP contribution in [0.15, 0.2) is 36.4 Å². The van der Waals surface area contributed by atoms with Gasteiger partial charge in [-0.2, -0.15) is 10.1 Å². The van der Waals surface area contributed by atoms with E-state index in [0.29, 0.717) is 37.7 Å². The van der Waals surface area contributed by atoms with Gasteiger partial charge < -0.3 is 51.2 Å². The van der Waals surface area contributed by atoms with Crippen LogP contribution in [0.25, 0.3) is 5.32 Å². The molecule has 62 heavy (non-hydrogen) atoms. The van der Waals surface area contributed by atoms with Crippen LogP contribution in [0.5, 0.6) is 5.75 Å². The number of rotatable bonds is 31. The molecule has 2 fully saturated rings. The number of amides is 2. The third-order valence-corrected chi connectivity index (χ3v) is 11.5. The first-order chi connectivity index (χ1) is 29.5. The van der Waals surface area contributed by atoms with Gasteiger partial charge in [-0.05, 0) is 82.7 Å². The number of allylic oxidation sites excluding steroid dienone is 1. The molecule has 356 valence electrons. The van der Waals surface area contributed by atoms with Crippen LogP contribution >= 0.6 is 0 Å². The van der Waals surface area contributed by atoms with Gasteiger partial charge >= 0.3 is 5.97 Å². The van der Waals surface area contributed by atoms with E-state index in [4.69, 9.17) is 9.47 Å². The molecule has 0 radical (unpaired) electrons. The van der Waals surface area contributed by atoms with E-state index in [2.05, 4.69) is 22.9 Å². The van der Waals surface area contributed by atoms with Gasteiger partial charge in [0.25, 0.3) is 0 Å². The number of benzene rings is 1. The van der Waals surface area contributed by atoms with Gasteiger partial charge in [0.2, 0.25) is 11.8 Å². The maximum Gasteiger partial charge on any atom is 0.328 e. The molecular weight excluding hydrogens is 838 g/mol. The molecule has 2 unspecified atom stereocenters. The first-order valence-electron chi connectivity index (χ1n) is 23.3. The van der Waals surface area contributed by atoms with Crippen molar-refractivity contribution >= 4 is 17.8 Å². The first-order valence-corrected chi connectivity index (χ1v) is 23.3. The summed E-state index contributed by atoms with van der Waals surface area (Å²) in [5.74, 6) is -1.82. The van der Waals surface area contributed by atoms with Crippen molar-refractivity contribution in [1.29, 1.82) is 0 Å². The molecule has 0 aliphatic carbocycles. The van der Waals surface area contributed by atoms with Crippen molar-refractivity contribution in [3.05, 3.63) is 47.3 Å². The van der Waals surface area contributed by atoms with Crippen molar-refractivity contribution < 1.29 is 66.7 Å². The number of phenolic OH excluding ortho intramolecular Hbond substituents is 1. The molecule has 2 aliphatic heterocycles. The van der Waals surface area contributed by atoms with Gasteiger partial charge in [-0.25, -0.2) is 4.79 Å². The van der Waals surface area contributed by atoms with E-state index in [0.717, 1.165) is 29.4 Å². The van der Waals surface area contributed by atoms with Gasteiger partial charge in [0.1, 0.15) is 30.4 Å². The minimum atomic E-state index is -1.25. The monoisotopic (exact) mass is 917 g/mol. The molecule has 16 heteroatoms. The van der Waals surface area contributed by atoms with Crippen LogP contribution in [0.3, 0.4) is 0 Å². The minimum absolute atomic E-state index is 0. The van der Waals surface area contributed by atoms with E-state index in [1.165, 1.54) is 89.5 Å². The number of aliphatic hydroxyl groups is 2. The van der Waals surface area contributed by atoms with Gasteiger partial charge in [-0.15, -0.1) is 0 Å². The zero-order chi connectivity index (χ0) is 44.2. The number of carbonyl (C=O) groups is 3. The number of nitrogens with one attached hydrogen (secondary N) is 2. The zero-order valence-electron chi connectivity index (χ0n) is 37.4. The average molecular weight is 917 g/mol. The fourth-order valence-corrected chi connectivity index (χ4v) is 7.79. The number of nitrogens with zero attached hydrogens (tertiary/aromatic N) is 3. The number of hydroxylamine groups is 4. The molecule has 1 aromatic rings. The Morgan fingerprint density at radius 2 is 1.58 bits per heavy atom. The maximum atomic E-state index is 13.5. The van der Waals surface area contributed by atoms with Crippen molar-refractivity contribution in [2.45, 2.75) is 204 Å². The van der Waals surface area contributed by atoms with E-state index in [-0.39, 0.29) is 55.4 Å². The number of ether oxygens (including phenoxy) is 2. The number of aliphatic hydroxyl groups excluding tert-OH is 2. The number of esters is 1. The summed E-state index contributed by atoms with van der Waals surface area (Å²) in [6, 6.07) is 3.78. The van der Waals surface area contributed by atoms with Crippen molar-refractivity contribution in [3.63, 3.8) is 0 Å². The molecule has 1 aromatic carbocycles. The summed E-state index contributed by atoms with van der Waals surface area (Å²) in [5.41, 5.74) is 0.416. The summed E-state index contributed by atoms with van der Waals surface area (Å²) in [4.78, 5) is 39.6. The molecule has 0 saturated carbocycles. The number of carbonyl (C=O) groups excluding carboxylic acids is 3. The van der Waals surface area contributed by atoms with Crippen LogP contribution in [-0.2, 0) is 40.9 Å². The molecule has 2 saturated heterocycles. The van der Waals surface area contributed by atoms with E-state index in [1.54, 1.807) is 31.2 Å². The van der Waals surface area contributed by atoms with Gasteiger partial charge in [0.05, 0.1) is 12.5 Å². The molecule has 7 atom stereocenters. The van der Waals surface area contributed by atoms with Crippen LogP contribution < -0.4 is 10.6 Å². The topological polar surface area (TPSA) is 215 Å². The standard InChI is InChI=1S/C46H78N5O10.Fe/c1-3-4-5-6-7-8-9-10-11-12-13-14-15-16-17-18-19-30-42(54)50(58)31-24-23-28-38(48-43(55)39-34-60-44(49-39)36-26-20-21-29-40(36)52)46(57)61-35(2)33-41(53)47-37-27-22-25-32-51(59)45(37)56;/h19-21,26,29-30,35,37-39,42,44-45,52,54,56,58-59H,3-18,22-25,27-28,31-34H2,1-2H3,(H,47,53)(H,48,55);/q-1;/b30-19+;/t35-,37+,38+,39-,42?,44?,45+;/m1./s1. The Hall–Kier alpha value is -2.63. The molecular formula is C46H78FeN5O10-. The molecule has 2 heterocycles. The molecule has 0 spiro atoms. The van der Waals surface area contributed by atoms with Crippen LogP contribution in [0.4, 0.5) is 0 Å². The quantitative estimate of drug-likeness (QED) is 0.00956. The molecule has 2 amide bonds. The number of aromatic hydroxyl groups is 1. The second-order valence-electron chi connectivity index (χ2n) is 16.9. The Morgan fingerprint density at radius 1 is 0.952 bits per heavy atom. The Morgan fingerprint density at radius 3 is 2.23 bits per heavy atom. The van der Waals surface area contributed by atoms with E-state index >= 15 is 0 Å². The number of hydrogen-bond acceptors (Lipinski definition) is 12. The van der Waals surface area contributed by atoms with Gasteiger partial charge in [0, 0.05) is 42.3 Å². The number of phenols is 1. The molecule has 15 nitrogen and oxygen atoms in total. The third kappa shape index (κ3) is 22.3. The normalized spacial score (nSPS) is 21.0. The largest absolute Gasteiger partial charge is 0.620 e. The SMILES string of the molecule is CCCCCCCCCCCCCCCCC/C=C/C(O)N(O)CCCC[C@H](NC(=O)[C@H]1COC(c2ccccc2O)[N-]1)C(=O)O[C@H](C)CC(=O)N[C@H]1CCCCN(O)[C@H]1O.[Fe]. The smallest absolute Gasteiger partial charge is 0.328 e. The zero-order valence-corrected chi connectivity index (χ0v) is 38.5. The summed E-state index contributed by atoms with van der Waals surface area (Å²) in [5, 5.41) is 63.0. The third-order valence-electron chi connectivity index (χ3n) is 11.5. The summed E-state index contributed by atoms with van der Waals surface area (Å²) >= 11 is 0. The molecule has 2 aliphatic rings. The molecule has 0 aromatic heterocycles. The average Bonchev–Trinajstić information content (AvgIpc) is 3.68. The second kappa shape index (κ2) is 32.9. The van der Waals surface area contributed by atoms with Crippen LogP contribution in [-0.4, -0.2) is 110 Å². The summed E-state index contributed by atoms with van der Waals surface area (Å²) < 4.78 is 11.3. The number of para-hydroxylation sites is 1. The fraction of sp³-hybridized carbons (Fsp3) is 0.761. The van der Waals surface area contributed by atoms with E-state index in [9.17, 15) is 40.1 Å². The van der Waals surface area contributed by atoms with Crippen LogP contribution in [0.1, 0.15) is 173 Å². The first kappa shape index (κ1) is 55.5. The van der Waals surface area contributed by atoms with Crippen molar-refractivity contribution in [3.8, 4) is 5.75 Å². The predicted molar refractivity (Wildman–Crippen MR) is 233 cm³/mol. The number of hydrogen-bond donors (Lipinski definition) is 7. The maximum absolute atomic E-state index is 13.5. The molecule has 3 rings (SSSR count). The summed E-state index contributed by atoms with van der Waals surface area (Å²) in [6.07, 6.45) is 22.2. The van der Waals surface area contributed by atoms with E-state index < -0.39 is 60.7 Å². The Bertz CT molecular complexity index is 1410.